The number of H-pyrrole nitrogens is 1. The van der Waals surface area contributed by atoms with Crippen LogP contribution in [-0.2, 0) is 18.3 Å². The number of fused-ring (bicyclic) bond motifs is 2. The first-order valence-corrected chi connectivity index (χ1v) is 11.4. The predicted molar refractivity (Wildman–Crippen MR) is 125 cm³/mol. The van der Waals surface area contributed by atoms with Crippen LogP contribution in [0.5, 0.6) is 0 Å². The van der Waals surface area contributed by atoms with Gasteiger partial charge in [-0.15, -0.1) is 0 Å². The molecule has 4 N–H and O–H groups in total. The number of halogens is 1. The molecule has 1 aromatic carbocycles. The summed E-state index contributed by atoms with van der Waals surface area (Å²) in [6.07, 6.45) is 3.55. The summed E-state index contributed by atoms with van der Waals surface area (Å²) in [7, 11) is 3.48. The predicted octanol–water partition coefficient (Wildman–Crippen LogP) is 3.11. The number of rotatable bonds is 5. The first-order chi connectivity index (χ1) is 15.3. The molecule has 5 rings (SSSR count). The zero-order valence-corrected chi connectivity index (χ0v) is 18.9. The molecule has 0 saturated heterocycles. The fraction of sp³-hybridized carbons (Fsp3) is 0.435. The van der Waals surface area contributed by atoms with E-state index in [1.54, 1.807) is 11.6 Å². The topological polar surface area (TPSA) is 109 Å². The molecule has 32 heavy (non-hydrogen) atoms. The fourth-order valence-electron chi connectivity index (χ4n) is 4.99. The van der Waals surface area contributed by atoms with E-state index in [1.165, 1.54) is 4.90 Å². The van der Waals surface area contributed by atoms with Crippen molar-refractivity contribution >= 4 is 46.0 Å². The number of nitrogens with two attached hydrogens (primary N) is 1. The number of imidazole rings is 1. The molecule has 3 aromatic rings. The van der Waals surface area contributed by atoms with Gasteiger partial charge in [0.15, 0.2) is 11.6 Å². The minimum atomic E-state index is -0.814. The normalized spacial score (nSPS) is 23.2. The zero-order valence-electron chi connectivity index (χ0n) is 18.2. The molecule has 8 nitrogen and oxygen atoms in total. The Kier molecular flexibility index (Phi) is 5.22. The van der Waals surface area contributed by atoms with Crippen molar-refractivity contribution in [2.24, 2.45) is 24.6 Å². The lowest BCUT2D eigenvalue weighted by Crippen LogP contribution is -2.44. The third-order valence-corrected chi connectivity index (χ3v) is 7.23. The summed E-state index contributed by atoms with van der Waals surface area (Å²) in [5.41, 5.74) is 8.32. The van der Waals surface area contributed by atoms with E-state index in [0.717, 1.165) is 35.9 Å². The van der Waals surface area contributed by atoms with Crippen LogP contribution in [0.15, 0.2) is 24.3 Å². The number of carbonyl (C=O) groups excluding carboxylic acids is 2. The summed E-state index contributed by atoms with van der Waals surface area (Å²) < 4.78 is 1.76. The van der Waals surface area contributed by atoms with Crippen LogP contribution in [0.3, 0.4) is 0 Å². The first kappa shape index (κ1) is 21.0. The number of Topliss-reactive ketones (excluding diaryl/α,β-unsaturated/α-hetero) is 1. The molecule has 1 amide bonds. The van der Waals surface area contributed by atoms with E-state index in [9.17, 15) is 9.59 Å². The van der Waals surface area contributed by atoms with Crippen molar-refractivity contribution in [2.45, 2.75) is 31.7 Å². The zero-order chi connectivity index (χ0) is 22.6. The van der Waals surface area contributed by atoms with Gasteiger partial charge in [0.25, 0.3) is 0 Å². The number of nitrogens with one attached hydrogen (secondary N) is 2. The number of nitrogens with zero attached hydrogens (tertiary/aromatic N) is 3. The molecule has 9 heteroatoms. The highest BCUT2D eigenvalue weighted by molar-refractivity contribution is 6.35. The summed E-state index contributed by atoms with van der Waals surface area (Å²) in [6, 6.07) is 7.72. The van der Waals surface area contributed by atoms with Crippen molar-refractivity contribution < 1.29 is 9.59 Å². The van der Waals surface area contributed by atoms with Crippen LogP contribution >= 0.6 is 11.6 Å². The van der Waals surface area contributed by atoms with Crippen LogP contribution in [0, 0.1) is 11.8 Å². The number of anilines is 2. The van der Waals surface area contributed by atoms with E-state index in [1.807, 2.05) is 31.3 Å². The van der Waals surface area contributed by atoms with Crippen molar-refractivity contribution in [1.82, 2.24) is 14.5 Å². The molecule has 3 heterocycles. The van der Waals surface area contributed by atoms with Crippen molar-refractivity contribution in [3.05, 3.63) is 40.7 Å². The van der Waals surface area contributed by atoms with E-state index in [4.69, 9.17) is 17.3 Å². The highest BCUT2D eigenvalue weighted by Crippen LogP contribution is 2.34. The number of carbonyl (C=O) groups is 2. The van der Waals surface area contributed by atoms with Crippen molar-refractivity contribution in [3.8, 4) is 0 Å². The highest BCUT2D eigenvalue weighted by Gasteiger charge is 2.42. The number of aromatic amines is 1. The Morgan fingerprint density at radius 1 is 1.28 bits per heavy atom. The van der Waals surface area contributed by atoms with E-state index in [-0.39, 0.29) is 24.2 Å². The maximum atomic E-state index is 13.4. The molecule has 1 aliphatic heterocycles. The molecule has 0 spiro atoms. The van der Waals surface area contributed by atoms with Crippen molar-refractivity contribution in [1.29, 1.82) is 0 Å². The Labute approximate surface area is 191 Å². The highest BCUT2D eigenvalue weighted by atomic mass is 35.5. The largest absolute Gasteiger partial charge is 0.358 e. The smallest absolute Gasteiger partial charge is 0.239 e. The van der Waals surface area contributed by atoms with Crippen LogP contribution in [0.1, 0.15) is 35.4 Å². The van der Waals surface area contributed by atoms with Crippen LogP contribution in [0.25, 0.3) is 10.9 Å². The summed E-state index contributed by atoms with van der Waals surface area (Å²) in [4.78, 5) is 35.9. The maximum Gasteiger partial charge on any atom is 0.239 e. The molecule has 2 aromatic heterocycles. The summed E-state index contributed by atoms with van der Waals surface area (Å²) >= 11 is 6.28. The quantitative estimate of drug-likeness (QED) is 0.513. The monoisotopic (exact) mass is 454 g/mol. The second kappa shape index (κ2) is 7.94. The van der Waals surface area contributed by atoms with Crippen molar-refractivity contribution in [2.75, 3.05) is 23.8 Å². The molecule has 2 aliphatic rings. The second-order valence-electron chi connectivity index (χ2n) is 8.92. The van der Waals surface area contributed by atoms with Crippen LogP contribution in [0.2, 0.25) is 5.02 Å². The molecule has 168 valence electrons. The van der Waals surface area contributed by atoms with Gasteiger partial charge < -0.3 is 20.6 Å². The van der Waals surface area contributed by atoms with Gasteiger partial charge in [0.2, 0.25) is 11.9 Å². The third-order valence-electron chi connectivity index (χ3n) is 6.90. The van der Waals surface area contributed by atoms with E-state index >= 15 is 0 Å². The van der Waals surface area contributed by atoms with Gasteiger partial charge in [-0.3, -0.25) is 14.5 Å². The molecular weight excluding hydrogens is 428 g/mol. The number of hydrogen-bond donors (Lipinski definition) is 3. The lowest BCUT2D eigenvalue weighted by atomic mass is 9.91. The summed E-state index contributed by atoms with van der Waals surface area (Å²) in [5, 5.41) is 4.86. The Hall–Kier alpha value is -2.84. The minimum absolute atomic E-state index is 0.192. The van der Waals surface area contributed by atoms with Crippen LogP contribution < -0.4 is 16.0 Å². The molecule has 0 bridgehead atoms. The minimum Gasteiger partial charge on any atom is -0.358 e. The Balaban J connectivity index is 1.41. The van der Waals surface area contributed by atoms with Gasteiger partial charge in [-0.1, -0.05) is 24.1 Å². The number of aromatic nitrogens is 3. The van der Waals surface area contributed by atoms with Gasteiger partial charge in [0.1, 0.15) is 11.6 Å². The Morgan fingerprint density at radius 3 is 2.81 bits per heavy atom. The maximum absolute atomic E-state index is 13.4. The average Bonchev–Trinajstić information content (AvgIpc) is 3.46. The number of hydrogen-bond acceptors (Lipinski definition) is 5. The number of amides is 1. The van der Waals surface area contributed by atoms with Gasteiger partial charge in [0.05, 0.1) is 0 Å². The van der Waals surface area contributed by atoms with Gasteiger partial charge in [-0.05, 0) is 37.0 Å². The molecule has 1 aliphatic carbocycles. The van der Waals surface area contributed by atoms with Crippen molar-refractivity contribution in [3.63, 3.8) is 0 Å². The van der Waals surface area contributed by atoms with Gasteiger partial charge in [0, 0.05) is 54.7 Å². The van der Waals surface area contributed by atoms with E-state index in [0.29, 0.717) is 34.9 Å². The standard InChI is InChI=1S/C23H27ClN6O2/c1-29-19-20(31)15(10-13-9-14-16(24)6-4-8-18(14)27-13)22(32)30(2)21(19)28-23(29)26-11-12-5-3-7-17(12)25/h4,6,8-9,12,15,17,27H,3,5,7,10-11,25H2,1-2H3,(H,26,28)/t12?,15?,17-/m0/s1. The Morgan fingerprint density at radius 2 is 2.09 bits per heavy atom. The van der Waals surface area contributed by atoms with Gasteiger partial charge >= 0.3 is 0 Å². The van der Waals surface area contributed by atoms with E-state index < -0.39 is 5.92 Å². The molecular formula is C23H27ClN6O2. The molecule has 1 saturated carbocycles. The first-order valence-electron chi connectivity index (χ1n) is 11.0. The van der Waals surface area contributed by atoms with E-state index in [2.05, 4.69) is 15.3 Å². The molecule has 2 unspecified atom stereocenters. The fourth-order valence-corrected chi connectivity index (χ4v) is 5.22. The summed E-state index contributed by atoms with van der Waals surface area (Å²) in [5.74, 6) is 0.0891. The van der Waals surface area contributed by atoms with Crippen LogP contribution in [0.4, 0.5) is 11.8 Å². The third kappa shape index (κ3) is 3.38. The lowest BCUT2D eigenvalue weighted by molar-refractivity contribution is -0.121. The second-order valence-corrected chi connectivity index (χ2v) is 9.32. The van der Waals surface area contributed by atoms with Crippen LogP contribution in [-0.4, -0.2) is 45.9 Å². The SMILES string of the molecule is CN1C(=O)C(Cc2cc3c(Cl)cccc3[nH]2)C(=O)c2c1nc(NCC1CCC[C@@H]1N)n2C. The number of benzene rings is 1. The Bertz CT molecular complexity index is 1210. The molecule has 0 radical (unpaired) electrons. The van der Waals surface area contributed by atoms with Gasteiger partial charge in [-0.25, -0.2) is 0 Å². The lowest BCUT2D eigenvalue weighted by Gasteiger charge is -2.27. The number of ketones is 1. The molecule has 1 fully saturated rings. The average molecular weight is 455 g/mol. The van der Waals surface area contributed by atoms with Gasteiger partial charge in [-0.2, -0.15) is 4.98 Å². The molecule has 3 atom stereocenters. The summed E-state index contributed by atoms with van der Waals surface area (Å²) in [6.45, 7) is 0.704.